The Hall–Kier alpha value is -3.68. The Morgan fingerprint density at radius 1 is 0.963 bits per heavy atom. The average Bonchev–Trinajstić information content (AvgIpc) is 2.89. The van der Waals surface area contributed by atoms with Crippen molar-refractivity contribution in [3.8, 4) is 17.2 Å². The van der Waals surface area contributed by atoms with Gasteiger partial charge in [0.15, 0.2) is 11.5 Å². The summed E-state index contributed by atoms with van der Waals surface area (Å²) in [5, 5.41) is 12.0. The van der Waals surface area contributed by atoms with E-state index in [2.05, 4.69) is 5.32 Å². The van der Waals surface area contributed by atoms with Crippen molar-refractivity contribution >= 4 is 23.6 Å². The van der Waals surface area contributed by atoms with E-state index in [-0.39, 0.29) is 41.2 Å². The topological polar surface area (TPSA) is 113 Å². The molecule has 1 fully saturated rings. The van der Waals surface area contributed by atoms with Crippen LogP contribution in [0.5, 0.6) is 17.2 Å². The number of hydrogen-bond acceptors (Lipinski definition) is 6. The number of fused-ring (bicyclic) bond motifs is 1. The third kappa shape index (κ3) is 2.71. The highest BCUT2D eigenvalue weighted by molar-refractivity contribution is 6.24. The smallest absolute Gasteiger partial charge is 0.266 e. The Morgan fingerprint density at radius 2 is 1.70 bits per heavy atom. The summed E-state index contributed by atoms with van der Waals surface area (Å²) in [6.07, 6.45) is 0.122. The molecular weight excluding hydrogens is 352 g/mol. The van der Waals surface area contributed by atoms with Gasteiger partial charge in [-0.05, 0) is 30.7 Å². The molecule has 4 rings (SSSR count). The molecule has 2 aliphatic rings. The fourth-order valence-electron chi connectivity index (χ4n) is 3.23. The number of carbonyl (C=O) groups is 4. The monoisotopic (exact) mass is 366 g/mol. The molecule has 2 N–H and O–H groups in total. The highest BCUT2D eigenvalue weighted by Gasteiger charge is 2.46. The van der Waals surface area contributed by atoms with Crippen LogP contribution in [-0.4, -0.2) is 39.7 Å². The lowest BCUT2D eigenvalue weighted by Gasteiger charge is -2.27. The van der Waals surface area contributed by atoms with Gasteiger partial charge in [-0.3, -0.25) is 29.4 Å². The lowest BCUT2D eigenvalue weighted by molar-refractivity contribution is -0.136. The van der Waals surface area contributed by atoms with Crippen molar-refractivity contribution in [2.24, 2.45) is 0 Å². The van der Waals surface area contributed by atoms with Crippen LogP contribution >= 0.6 is 0 Å². The standard InChI is InChI=1S/C19H14N2O6/c22-12-5-1-2-6-13(12)27-14-7-3-4-10-16(14)19(26)21(18(10)25)11-8-9-15(23)20-17(11)24/h1-7,11,22H,8-9H2,(H,20,23,24). The maximum absolute atomic E-state index is 12.9. The number of amides is 4. The number of phenolic OH excluding ortho intramolecular Hbond substituents is 1. The molecule has 27 heavy (non-hydrogen) atoms. The minimum Gasteiger partial charge on any atom is -0.504 e. The first-order chi connectivity index (χ1) is 13.0. The fraction of sp³-hybridized carbons (Fsp3) is 0.158. The highest BCUT2D eigenvalue weighted by atomic mass is 16.5. The molecule has 1 unspecified atom stereocenters. The Kier molecular flexibility index (Phi) is 3.88. The zero-order chi connectivity index (χ0) is 19.1. The van der Waals surface area contributed by atoms with Crippen LogP contribution in [0, 0.1) is 0 Å². The van der Waals surface area contributed by atoms with Gasteiger partial charge in [0.2, 0.25) is 11.8 Å². The number of para-hydroxylation sites is 2. The number of rotatable bonds is 3. The highest BCUT2D eigenvalue weighted by Crippen LogP contribution is 2.37. The van der Waals surface area contributed by atoms with Crippen molar-refractivity contribution in [3.63, 3.8) is 0 Å². The van der Waals surface area contributed by atoms with Gasteiger partial charge in [0.1, 0.15) is 11.8 Å². The minimum absolute atomic E-state index is 0.0236. The van der Waals surface area contributed by atoms with Gasteiger partial charge in [0, 0.05) is 6.42 Å². The van der Waals surface area contributed by atoms with Gasteiger partial charge >= 0.3 is 0 Å². The number of imide groups is 2. The van der Waals surface area contributed by atoms with Crippen LogP contribution in [0.3, 0.4) is 0 Å². The molecule has 1 atom stereocenters. The van der Waals surface area contributed by atoms with Crippen LogP contribution in [0.1, 0.15) is 33.6 Å². The summed E-state index contributed by atoms with van der Waals surface area (Å²) in [6.45, 7) is 0. The number of hydrogen-bond donors (Lipinski definition) is 2. The average molecular weight is 366 g/mol. The molecule has 1 saturated heterocycles. The Bertz CT molecular complexity index is 999. The largest absolute Gasteiger partial charge is 0.504 e. The van der Waals surface area contributed by atoms with Gasteiger partial charge in [0.25, 0.3) is 11.8 Å². The fourth-order valence-corrected chi connectivity index (χ4v) is 3.23. The summed E-state index contributed by atoms with van der Waals surface area (Å²) in [4.78, 5) is 50.0. The number of carbonyl (C=O) groups excluding carboxylic acids is 4. The second-order valence-corrected chi connectivity index (χ2v) is 6.20. The van der Waals surface area contributed by atoms with Crippen LogP contribution < -0.4 is 10.1 Å². The SMILES string of the molecule is O=C1CCC(N2C(=O)c3cccc(Oc4ccccc4O)c3C2=O)C(=O)N1. The van der Waals surface area contributed by atoms with Crippen molar-refractivity contribution in [1.82, 2.24) is 10.2 Å². The lowest BCUT2D eigenvalue weighted by atomic mass is 10.0. The number of nitrogens with one attached hydrogen (secondary N) is 1. The molecule has 0 bridgehead atoms. The zero-order valence-corrected chi connectivity index (χ0v) is 14.0. The predicted molar refractivity (Wildman–Crippen MR) is 91.3 cm³/mol. The molecule has 0 saturated carbocycles. The van der Waals surface area contributed by atoms with E-state index in [1.807, 2.05) is 0 Å². The maximum atomic E-state index is 12.9. The van der Waals surface area contributed by atoms with E-state index < -0.39 is 29.7 Å². The summed E-state index contributed by atoms with van der Waals surface area (Å²) in [5.74, 6) is -2.29. The third-order valence-electron chi connectivity index (χ3n) is 4.52. The van der Waals surface area contributed by atoms with Gasteiger partial charge < -0.3 is 9.84 Å². The van der Waals surface area contributed by atoms with Crippen LogP contribution in [-0.2, 0) is 9.59 Å². The van der Waals surface area contributed by atoms with E-state index in [9.17, 15) is 24.3 Å². The molecule has 0 radical (unpaired) electrons. The maximum Gasteiger partial charge on any atom is 0.266 e. The number of benzene rings is 2. The quantitative estimate of drug-likeness (QED) is 0.798. The first kappa shape index (κ1) is 16.8. The molecular formula is C19H14N2O6. The van der Waals surface area contributed by atoms with E-state index in [0.717, 1.165) is 4.90 Å². The second-order valence-electron chi connectivity index (χ2n) is 6.20. The molecule has 136 valence electrons. The minimum atomic E-state index is -1.05. The number of aromatic hydroxyl groups is 1. The van der Waals surface area contributed by atoms with Crippen molar-refractivity contribution in [3.05, 3.63) is 53.6 Å². The predicted octanol–water partition coefficient (Wildman–Crippen LogP) is 1.59. The second kappa shape index (κ2) is 6.24. The molecule has 2 aliphatic heterocycles. The van der Waals surface area contributed by atoms with Gasteiger partial charge in [-0.1, -0.05) is 18.2 Å². The van der Waals surface area contributed by atoms with Crippen molar-refractivity contribution in [2.45, 2.75) is 18.9 Å². The van der Waals surface area contributed by atoms with Crippen LogP contribution in [0.4, 0.5) is 0 Å². The third-order valence-corrected chi connectivity index (χ3v) is 4.52. The molecule has 2 aromatic rings. The summed E-state index contributed by atoms with van der Waals surface area (Å²) < 4.78 is 5.65. The Morgan fingerprint density at radius 3 is 2.44 bits per heavy atom. The number of piperidine rings is 1. The number of phenols is 1. The molecule has 0 aromatic heterocycles. The zero-order valence-electron chi connectivity index (χ0n) is 14.0. The number of ether oxygens (including phenoxy) is 1. The molecule has 4 amide bonds. The van der Waals surface area contributed by atoms with Gasteiger partial charge in [-0.2, -0.15) is 0 Å². The van der Waals surface area contributed by atoms with Crippen molar-refractivity contribution < 1.29 is 29.0 Å². The molecule has 0 spiro atoms. The molecule has 0 aliphatic carbocycles. The van der Waals surface area contributed by atoms with Crippen LogP contribution in [0.15, 0.2) is 42.5 Å². The summed E-state index contributed by atoms with van der Waals surface area (Å²) in [5.41, 5.74) is 0.132. The molecule has 8 nitrogen and oxygen atoms in total. The molecule has 2 aromatic carbocycles. The van der Waals surface area contributed by atoms with Crippen LogP contribution in [0.25, 0.3) is 0 Å². The van der Waals surface area contributed by atoms with E-state index in [1.165, 1.54) is 24.3 Å². The van der Waals surface area contributed by atoms with Crippen LogP contribution in [0.2, 0.25) is 0 Å². The first-order valence-electron chi connectivity index (χ1n) is 8.28. The molecule has 2 heterocycles. The van der Waals surface area contributed by atoms with Crippen molar-refractivity contribution in [1.29, 1.82) is 0 Å². The van der Waals surface area contributed by atoms with Gasteiger partial charge in [-0.15, -0.1) is 0 Å². The summed E-state index contributed by atoms with van der Waals surface area (Å²) in [7, 11) is 0. The summed E-state index contributed by atoms with van der Waals surface area (Å²) in [6, 6.07) is 9.71. The van der Waals surface area contributed by atoms with E-state index in [1.54, 1.807) is 18.2 Å². The van der Waals surface area contributed by atoms with Gasteiger partial charge in [-0.25, -0.2) is 0 Å². The first-order valence-corrected chi connectivity index (χ1v) is 8.28. The number of nitrogens with zero attached hydrogens (tertiary/aromatic N) is 1. The summed E-state index contributed by atoms with van der Waals surface area (Å²) >= 11 is 0. The van der Waals surface area contributed by atoms with E-state index >= 15 is 0 Å². The normalized spacial score (nSPS) is 19.1. The van der Waals surface area contributed by atoms with E-state index in [4.69, 9.17) is 4.74 Å². The van der Waals surface area contributed by atoms with Crippen molar-refractivity contribution in [2.75, 3.05) is 0 Å². The van der Waals surface area contributed by atoms with Gasteiger partial charge in [0.05, 0.1) is 11.1 Å². The molecule has 8 heteroatoms. The Labute approximate surface area is 153 Å². The Balaban J connectivity index is 1.71. The lowest BCUT2D eigenvalue weighted by Crippen LogP contribution is -2.54. The van der Waals surface area contributed by atoms with E-state index in [0.29, 0.717) is 0 Å².